The van der Waals surface area contributed by atoms with Gasteiger partial charge >= 0.3 is 5.97 Å². The first kappa shape index (κ1) is 20.3. The zero-order valence-electron chi connectivity index (χ0n) is 16.7. The molecule has 1 amide bonds. The molecule has 1 N–H and O–H groups in total. The second-order valence-corrected chi connectivity index (χ2v) is 8.53. The molecule has 4 nitrogen and oxygen atoms in total. The van der Waals surface area contributed by atoms with E-state index in [2.05, 4.69) is 12.2 Å². The smallest absolute Gasteiger partial charge is 0.341 e. The van der Waals surface area contributed by atoms with Crippen LogP contribution in [0.3, 0.4) is 0 Å². The van der Waals surface area contributed by atoms with Crippen LogP contribution in [0.5, 0.6) is 0 Å². The van der Waals surface area contributed by atoms with Gasteiger partial charge in [-0.1, -0.05) is 43.7 Å². The van der Waals surface area contributed by atoms with Crippen LogP contribution < -0.4 is 5.32 Å². The number of fused-ring (bicyclic) bond motifs is 1. The lowest BCUT2D eigenvalue weighted by molar-refractivity contribution is -0.111. The lowest BCUT2D eigenvalue weighted by Crippen LogP contribution is -2.16. The highest BCUT2D eigenvalue weighted by atomic mass is 32.1. The van der Waals surface area contributed by atoms with Crippen molar-refractivity contribution in [2.75, 3.05) is 11.9 Å². The number of hydrogen-bond acceptors (Lipinski definition) is 4. The van der Waals surface area contributed by atoms with Crippen LogP contribution in [0.4, 0.5) is 5.00 Å². The first-order chi connectivity index (χ1) is 13.5. The van der Waals surface area contributed by atoms with Gasteiger partial charge in [0.1, 0.15) is 5.00 Å². The van der Waals surface area contributed by atoms with Crippen LogP contribution in [-0.4, -0.2) is 18.5 Å². The van der Waals surface area contributed by atoms with Gasteiger partial charge in [0.05, 0.1) is 12.2 Å². The number of nitrogens with one attached hydrogen (secondary N) is 1. The van der Waals surface area contributed by atoms with Crippen LogP contribution >= 0.6 is 11.3 Å². The van der Waals surface area contributed by atoms with Crippen LogP contribution in [0.15, 0.2) is 30.3 Å². The lowest BCUT2D eigenvalue weighted by Gasteiger charge is -2.18. The Kier molecular flexibility index (Phi) is 6.68. The van der Waals surface area contributed by atoms with Crippen LogP contribution in [0.25, 0.3) is 6.08 Å². The van der Waals surface area contributed by atoms with Gasteiger partial charge in [-0.05, 0) is 55.7 Å². The van der Waals surface area contributed by atoms with Crippen molar-refractivity contribution in [2.45, 2.75) is 46.5 Å². The van der Waals surface area contributed by atoms with Crippen molar-refractivity contribution < 1.29 is 14.3 Å². The molecule has 0 fully saturated rings. The Morgan fingerprint density at radius 1 is 1.29 bits per heavy atom. The van der Waals surface area contributed by atoms with Gasteiger partial charge in [-0.3, -0.25) is 4.79 Å². The van der Waals surface area contributed by atoms with E-state index < -0.39 is 0 Å². The molecule has 1 aliphatic rings. The highest BCUT2D eigenvalue weighted by molar-refractivity contribution is 7.17. The molecule has 3 rings (SSSR count). The third-order valence-corrected chi connectivity index (χ3v) is 6.06. The van der Waals surface area contributed by atoms with E-state index in [9.17, 15) is 9.59 Å². The number of ether oxygens (including phenoxy) is 1. The molecule has 0 aliphatic heterocycles. The molecule has 1 heterocycles. The molecule has 1 aromatic heterocycles. The van der Waals surface area contributed by atoms with Gasteiger partial charge in [-0.25, -0.2) is 4.79 Å². The van der Waals surface area contributed by atoms with Crippen molar-refractivity contribution in [3.63, 3.8) is 0 Å². The summed E-state index contributed by atoms with van der Waals surface area (Å²) in [6.07, 6.45) is 6.92. The average molecular weight is 398 g/mol. The van der Waals surface area contributed by atoms with Crippen LogP contribution in [-0.2, 0) is 22.4 Å². The topological polar surface area (TPSA) is 55.4 Å². The molecule has 0 saturated carbocycles. The molecule has 1 aliphatic carbocycles. The predicted molar refractivity (Wildman–Crippen MR) is 115 cm³/mol. The third kappa shape index (κ3) is 4.90. The first-order valence-corrected chi connectivity index (χ1v) is 10.7. The van der Waals surface area contributed by atoms with Crippen molar-refractivity contribution in [2.24, 2.45) is 5.92 Å². The zero-order valence-corrected chi connectivity index (χ0v) is 17.5. The number of rotatable bonds is 6. The molecule has 0 saturated heterocycles. The average Bonchev–Trinajstić information content (AvgIpc) is 3.02. The molecule has 1 aromatic carbocycles. The summed E-state index contributed by atoms with van der Waals surface area (Å²) in [5.74, 6) is 0.0270. The number of amides is 1. The van der Waals surface area contributed by atoms with Gasteiger partial charge in [-0.15, -0.1) is 11.3 Å². The predicted octanol–water partition coefficient (Wildman–Crippen LogP) is 5.40. The molecule has 1 atom stereocenters. The molecule has 1 unspecified atom stereocenters. The lowest BCUT2D eigenvalue weighted by atomic mass is 9.88. The second-order valence-electron chi connectivity index (χ2n) is 7.43. The first-order valence-electron chi connectivity index (χ1n) is 9.85. The monoisotopic (exact) mass is 397 g/mol. The number of hydrogen-bond donors (Lipinski definition) is 1. The standard InChI is InChI=1S/C23H27NO3S/c1-4-13-27-23(26)21-18-11-7-16(3)14-19(18)28-22(21)24-20(25)12-10-17-8-5-15(2)6-9-17/h5-6,8-10,12,16H,4,7,11,13-14H2,1-3H3,(H,24,25)/b12-10+. The number of thiophene rings is 1. The summed E-state index contributed by atoms with van der Waals surface area (Å²) < 4.78 is 5.39. The summed E-state index contributed by atoms with van der Waals surface area (Å²) in [6.45, 7) is 6.61. The van der Waals surface area contributed by atoms with Crippen LogP contribution in [0.2, 0.25) is 0 Å². The van der Waals surface area contributed by atoms with Crippen molar-refractivity contribution in [3.05, 3.63) is 57.5 Å². The number of carbonyl (C=O) groups excluding carboxylic acids is 2. The van der Waals surface area contributed by atoms with E-state index in [0.29, 0.717) is 23.1 Å². The summed E-state index contributed by atoms with van der Waals surface area (Å²) in [7, 11) is 0. The maximum atomic E-state index is 12.6. The Balaban J connectivity index is 1.80. The SMILES string of the molecule is CCCOC(=O)c1c(NC(=O)/C=C/c2ccc(C)cc2)sc2c1CCC(C)C2. The van der Waals surface area contributed by atoms with Gasteiger partial charge in [0.15, 0.2) is 0 Å². The number of benzene rings is 1. The van der Waals surface area contributed by atoms with E-state index in [1.165, 1.54) is 27.9 Å². The Morgan fingerprint density at radius 2 is 2.04 bits per heavy atom. The minimum absolute atomic E-state index is 0.239. The van der Waals surface area contributed by atoms with E-state index in [1.807, 2.05) is 38.1 Å². The maximum Gasteiger partial charge on any atom is 0.341 e. The summed E-state index contributed by atoms with van der Waals surface area (Å²) in [4.78, 5) is 26.3. The highest BCUT2D eigenvalue weighted by Crippen LogP contribution is 2.40. The number of esters is 1. The van der Waals surface area contributed by atoms with Gasteiger partial charge in [0, 0.05) is 11.0 Å². The van der Waals surface area contributed by atoms with Crippen molar-refractivity contribution in [3.8, 4) is 0 Å². The largest absolute Gasteiger partial charge is 0.462 e. The Hall–Kier alpha value is -2.40. The quantitative estimate of drug-likeness (QED) is 0.524. The summed E-state index contributed by atoms with van der Waals surface area (Å²) >= 11 is 1.51. The number of anilines is 1. The Labute approximate surface area is 170 Å². The van der Waals surface area contributed by atoms with Crippen LogP contribution in [0.1, 0.15) is 58.6 Å². The van der Waals surface area contributed by atoms with Crippen molar-refractivity contribution in [1.82, 2.24) is 0 Å². The molecule has 0 bridgehead atoms. The van der Waals surface area contributed by atoms with E-state index in [4.69, 9.17) is 4.74 Å². The van der Waals surface area contributed by atoms with Crippen molar-refractivity contribution >= 4 is 34.3 Å². The fourth-order valence-electron chi connectivity index (χ4n) is 3.32. The van der Waals surface area contributed by atoms with Crippen molar-refractivity contribution in [1.29, 1.82) is 0 Å². The van der Waals surface area contributed by atoms with E-state index >= 15 is 0 Å². The molecule has 0 radical (unpaired) electrons. The number of aryl methyl sites for hydroxylation is 1. The minimum Gasteiger partial charge on any atom is -0.462 e. The van der Waals surface area contributed by atoms with E-state index in [0.717, 1.165) is 36.8 Å². The van der Waals surface area contributed by atoms with Gasteiger partial charge < -0.3 is 10.1 Å². The fraction of sp³-hybridized carbons (Fsp3) is 0.391. The molecular weight excluding hydrogens is 370 g/mol. The van der Waals surface area contributed by atoms with Gasteiger partial charge in [0.25, 0.3) is 0 Å². The molecule has 2 aromatic rings. The third-order valence-electron chi connectivity index (χ3n) is 4.89. The summed E-state index contributed by atoms with van der Waals surface area (Å²) in [5, 5.41) is 3.52. The Morgan fingerprint density at radius 3 is 2.75 bits per heavy atom. The molecule has 148 valence electrons. The summed E-state index contributed by atoms with van der Waals surface area (Å²) in [5.41, 5.74) is 3.75. The molecular formula is C23H27NO3S. The summed E-state index contributed by atoms with van der Waals surface area (Å²) in [6, 6.07) is 7.96. The Bertz CT molecular complexity index is 880. The van der Waals surface area contributed by atoms with E-state index in [-0.39, 0.29) is 11.9 Å². The zero-order chi connectivity index (χ0) is 20.1. The molecule has 0 spiro atoms. The maximum absolute atomic E-state index is 12.6. The fourth-order valence-corrected chi connectivity index (χ4v) is 4.73. The second kappa shape index (κ2) is 9.20. The van der Waals surface area contributed by atoms with E-state index in [1.54, 1.807) is 6.08 Å². The molecule has 5 heteroatoms. The highest BCUT2D eigenvalue weighted by Gasteiger charge is 2.28. The number of carbonyl (C=O) groups is 2. The minimum atomic E-state index is -0.327. The molecule has 28 heavy (non-hydrogen) atoms. The van der Waals surface area contributed by atoms with Gasteiger partial charge in [0.2, 0.25) is 5.91 Å². The van der Waals surface area contributed by atoms with Gasteiger partial charge in [-0.2, -0.15) is 0 Å². The normalized spacial score (nSPS) is 16.0. The van der Waals surface area contributed by atoms with Crippen LogP contribution in [0, 0.1) is 12.8 Å².